The van der Waals surface area contributed by atoms with Crippen molar-refractivity contribution in [3.05, 3.63) is 23.8 Å². The lowest BCUT2D eigenvalue weighted by Gasteiger charge is -2.25. The molecule has 0 unspecified atom stereocenters. The van der Waals surface area contributed by atoms with Gasteiger partial charge in [-0.25, -0.2) is 0 Å². The molecule has 3 heteroatoms. The lowest BCUT2D eigenvalue weighted by atomic mass is 9.93. The first-order valence-corrected chi connectivity index (χ1v) is 7.41. The predicted molar refractivity (Wildman–Crippen MR) is 76.7 cm³/mol. The highest BCUT2D eigenvalue weighted by molar-refractivity contribution is 7.98. The van der Waals surface area contributed by atoms with Gasteiger partial charge in [-0.2, -0.15) is 0 Å². The average molecular weight is 250 g/mol. The van der Waals surface area contributed by atoms with Gasteiger partial charge in [0.2, 0.25) is 0 Å². The third-order valence-corrected chi connectivity index (χ3v) is 4.37. The van der Waals surface area contributed by atoms with Gasteiger partial charge >= 0.3 is 0 Å². The maximum atomic E-state index is 5.92. The minimum atomic E-state index is 0.432. The van der Waals surface area contributed by atoms with Crippen molar-refractivity contribution in [1.29, 1.82) is 0 Å². The molecular formula is C14H22N2S. The zero-order valence-electron chi connectivity index (χ0n) is 11.0. The lowest BCUT2D eigenvalue weighted by Crippen LogP contribution is -2.24. The third-order valence-electron chi connectivity index (χ3n) is 3.55. The summed E-state index contributed by atoms with van der Waals surface area (Å²) >= 11 is 1.79. The molecule has 2 rings (SSSR count). The van der Waals surface area contributed by atoms with Crippen LogP contribution in [0.4, 0.5) is 5.69 Å². The molecule has 1 saturated heterocycles. The van der Waals surface area contributed by atoms with Crippen LogP contribution in [-0.2, 0) is 6.54 Å². The molecule has 1 aromatic rings. The minimum absolute atomic E-state index is 0.432. The Hall–Kier alpha value is -0.670. The molecule has 0 aromatic heterocycles. The van der Waals surface area contributed by atoms with Gasteiger partial charge in [-0.15, -0.1) is 11.8 Å². The molecule has 1 aliphatic heterocycles. The smallest absolute Gasteiger partial charge is 0.0423 e. The first-order chi connectivity index (χ1) is 8.07. The van der Waals surface area contributed by atoms with E-state index in [9.17, 15) is 0 Å². The Morgan fingerprint density at radius 2 is 2.18 bits per heavy atom. The van der Waals surface area contributed by atoms with Gasteiger partial charge in [-0.05, 0) is 30.2 Å². The molecule has 1 fully saturated rings. The Morgan fingerprint density at radius 3 is 2.71 bits per heavy atom. The molecule has 94 valence electrons. The van der Waals surface area contributed by atoms with Crippen molar-refractivity contribution in [3.63, 3.8) is 0 Å². The Labute approximate surface area is 109 Å². The van der Waals surface area contributed by atoms with E-state index in [0.717, 1.165) is 13.1 Å². The van der Waals surface area contributed by atoms with E-state index in [4.69, 9.17) is 5.73 Å². The summed E-state index contributed by atoms with van der Waals surface area (Å²) in [6.07, 6.45) is 3.38. The number of nitrogens with two attached hydrogens (primary N) is 1. The Kier molecular flexibility index (Phi) is 3.69. The van der Waals surface area contributed by atoms with Crippen molar-refractivity contribution in [2.75, 3.05) is 24.2 Å². The van der Waals surface area contributed by atoms with E-state index in [1.54, 1.807) is 11.8 Å². The number of benzene rings is 1. The molecule has 0 spiro atoms. The maximum absolute atomic E-state index is 5.92. The number of nitrogens with zero attached hydrogens (tertiary/aromatic N) is 1. The average Bonchev–Trinajstić information content (AvgIpc) is 2.68. The van der Waals surface area contributed by atoms with E-state index < -0.39 is 0 Å². The van der Waals surface area contributed by atoms with Crippen molar-refractivity contribution in [2.45, 2.75) is 31.7 Å². The van der Waals surface area contributed by atoms with Gasteiger partial charge in [0.1, 0.15) is 0 Å². The normalized spacial score (nSPS) is 18.7. The monoisotopic (exact) mass is 250 g/mol. The van der Waals surface area contributed by atoms with Crippen molar-refractivity contribution in [2.24, 2.45) is 11.1 Å². The fourth-order valence-corrected chi connectivity index (χ4v) is 3.21. The highest BCUT2D eigenvalue weighted by Crippen LogP contribution is 2.36. The Balaban J connectivity index is 2.33. The maximum Gasteiger partial charge on any atom is 0.0423 e. The standard InChI is InChI=1S/C14H22N2S/c1-14(2)7-8-16(10-14)12-5-4-6-13(17-3)11(12)9-15/h4-6H,7-10,15H2,1-3H3. The van der Waals surface area contributed by atoms with Crippen LogP contribution >= 0.6 is 11.8 Å². The van der Waals surface area contributed by atoms with Crippen LogP contribution < -0.4 is 10.6 Å². The van der Waals surface area contributed by atoms with Crippen LogP contribution in [0.25, 0.3) is 0 Å². The third kappa shape index (κ3) is 2.61. The van der Waals surface area contributed by atoms with E-state index in [1.807, 2.05) is 0 Å². The van der Waals surface area contributed by atoms with E-state index in [-0.39, 0.29) is 0 Å². The van der Waals surface area contributed by atoms with E-state index in [1.165, 1.54) is 22.6 Å². The molecule has 1 heterocycles. The zero-order valence-corrected chi connectivity index (χ0v) is 11.8. The number of thioether (sulfide) groups is 1. The van der Waals surface area contributed by atoms with Crippen LogP contribution in [-0.4, -0.2) is 19.3 Å². The van der Waals surface area contributed by atoms with Crippen LogP contribution in [0, 0.1) is 5.41 Å². The predicted octanol–water partition coefficient (Wildman–Crippen LogP) is 3.10. The van der Waals surface area contributed by atoms with Crippen molar-refractivity contribution in [3.8, 4) is 0 Å². The van der Waals surface area contributed by atoms with Crippen molar-refractivity contribution in [1.82, 2.24) is 0 Å². The number of hydrogen-bond acceptors (Lipinski definition) is 3. The summed E-state index contributed by atoms with van der Waals surface area (Å²) in [6, 6.07) is 6.52. The highest BCUT2D eigenvalue weighted by atomic mass is 32.2. The number of anilines is 1. The molecule has 1 aromatic carbocycles. The van der Waals surface area contributed by atoms with E-state index in [0.29, 0.717) is 12.0 Å². The second-order valence-electron chi connectivity index (χ2n) is 5.50. The Bertz CT molecular complexity index is 401. The second kappa shape index (κ2) is 4.91. The SMILES string of the molecule is CSc1cccc(N2CCC(C)(C)C2)c1CN. The van der Waals surface area contributed by atoms with Gasteiger partial charge in [0.05, 0.1) is 0 Å². The molecule has 2 nitrogen and oxygen atoms in total. The van der Waals surface area contributed by atoms with Gasteiger partial charge in [0.15, 0.2) is 0 Å². The molecule has 0 radical (unpaired) electrons. The van der Waals surface area contributed by atoms with Crippen molar-refractivity contribution < 1.29 is 0 Å². The number of hydrogen-bond donors (Lipinski definition) is 1. The molecule has 0 saturated carbocycles. The highest BCUT2D eigenvalue weighted by Gasteiger charge is 2.30. The lowest BCUT2D eigenvalue weighted by molar-refractivity contribution is 0.418. The van der Waals surface area contributed by atoms with Crippen LogP contribution in [0.1, 0.15) is 25.8 Å². The fraction of sp³-hybridized carbons (Fsp3) is 0.571. The minimum Gasteiger partial charge on any atom is -0.371 e. The summed E-state index contributed by atoms with van der Waals surface area (Å²) in [5, 5.41) is 0. The summed E-state index contributed by atoms with van der Waals surface area (Å²) in [6.45, 7) is 7.60. The van der Waals surface area contributed by atoms with Gasteiger partial charge in [-0.3, -0.25) is 0 Å². The van der Waals surface area contributed by atoms with E-state index in [2.05, 4.69) is 43.2 Å². The first kappa shape index (κ1) is 12.8. The molecule has 0 bridgehead atoms. The summed E-state index contributed by atoms with van der Waals surface area (Å²) in [5.41, 5.74) is 9.00. The topological polar surface area (TPSA) is 29.3 Å². The van der Waals surface area contributed by atoms with Crippen molar-refractivity contribution >= 4 is 17.4 Å². The molecule has 0 amide bonds. The van der Waals surface area contributed by atoms with Gasteiger partial charge in [0.25, 0.3) is 0 Å². The summed E-state index contributed by atoms with van der Waals surface area (Å²) in [5.74, 6) is 0. The fourth-order valence-electron chi connectivity index (χ4n) is 2.56. The van der Waals surface area contributed by atoms with Crippen LogP contribution in [0.3, 0.4) is 0 Å². The molecule has 0 atom stereocenters. The Morgan fingerprint density at radius 1 is 1.41 bits per heavy atom. The van der Waals surface area contributed by atoms with Gasteiger partial charge in [-0.1, -0.05) is 19.9 Å². The zero-order chi connectivity index (χ0) is 12.5. The van der Waals surface area contributed by atoms with Crippen LogP contribution in [0.15, 0.2) is 23.1 Å². The molecular weight excluding hydrogens is 228 g/mol. The van der Waals surface area contributed by atoms with E-state index >= 15 is 0 Å². The molecule has 2 N–H and O–H groups in total. The summed E-state index contributed by atoms with van der Waals surface area (Å²) < 4.78 is 0. The molecule has 1 aliphatic rings. The number of rotatable bonds is 3. The van der Waals surface area contributed by atoms with Crippen LogP contribution in [0.2, 0.25) is 0 Å². The first-order valence-electron chi connectivity index (χ1n) is 6.18. The molecule has 0 aliphatic carbocycles. The quantitative estimate of drug-likeness (QED) is 0.836. The molecule has 17 heavy (non-hydrogen) atoms. The van der Waals surface area contributed by atoms with Gasteiger partial charge < -0.3 is 10.6 Å². The second-order valence-corrected chi connectivity index (χ2v) is 6.35. The largest absolute Gasteiger partial charge is 0.371 e. The summed E-state index contributed by atoms with van der Waals surface area (Å²) in [4.78, 5) is 3.80. The van der Waals surface area contributed by atoms with Crippen LogP contribution in [0.5, 0.6) is 0 Å². The summed E-state index contributed by atoms with van der Waals surface area (Å²) in [7, 11) is 0. The van der Waals surface area contributed by atoms with Gasteiger partial charge in [0, 0.05) is 35.8 Å².